The second-order valence-corrected chi connectivity index (χ2v) is 4.41. The monoisotopic (exact) mass is 251 g/mol. The molecule has 1 rings (SSSR count). The second kappa shape index (κ2) is 4.43. The van der Waals surface area contributed by atoms with E-state index >= 15 is 0 Å². The average Bonchev–Trinajstić information content (AvgIpc) is 2.22. The molecule has 0 N–H and O–H groups in total. The summed E-state index contributed by atoms with van der Waals surface area (Å²) in [6.45, 7) is 4.86. The largest absolute Gasteiger partial charge is 0.287 e. The van der Waals surface area contributed by atoms with Gasteiger partial charge in [-0.1, -0.05) is 0 Å². The van der Waals surface area contributed by atoms with Gasteiger partial charge in [-0.2, -0.15) is 0 Å². The molecule has 0 atom stereocenters. The molecule has 0 heterocycles. The minimum Gasteiger partial charge on any atom is -0.287 e. The molecule has 0 spiro atoms. The number of hydrogen-bond donors (Lipinski definition) is 0. The van der Waals surface area contributed by atoms with E-state index in [4.69, 9.17) is 0 Å². The maximum atomic E-state index is 13.2. The average molecular weight is 251 g/mol. The molecule has 1 nitrogen and oxygen atoms in total. The molecule has 94 valence electrons. The van der Waals surface area contributed by atoms with Crippen LogP contribution in [-0.4, -0.2) is 11.8 Å². The summed E-state index contributed by atoms with van der Waals surface area (Å²) in [4.78, 5) is 3.70. The molecule has 6 heteroatoms. The van der Waals surface area contributed by atoms with Gasteiger partial charge in [0.15, 0.2) is 23.3 Å². The molecule has 0 saturated heterocycles. The molecule has 1 aromatic carbocycles. The second-order valence-electron chi connectivity index (χ2n) is 4.41. The molecule has 0 fully saturated rings. The van der Waals surface area contributed by atoms with Gasteiger partial charge in [-0.3, -0.25) is 4.99 Å². The van der Waals surface area contributed by atoms with E-state index < -0.39 is 40.2 Å². The molecule has 0 radical (unpaired) electrons. The van der Waals surface area contributed by atoms with Crippen molar-refractivity contribution in [3.63, 3.8) is 0 Å². The summed E-state index contributed by atoms with van der Waals surface area (Å²) in [5.74, 6) is -9.88. The fourth-order valence-corrected chi connectivity index (χ4v) is 0.993. The molecule has 0 saturated carbocycles. The van der Waals surface area contributed by atoms with Crippen LogP contribution in [-0.2, 0) is 0 Å². The molecule has 0 amide bonds. The van der Waals surface area contributed by atoms with Crippen LogP contribution in [0.2, 0.25) is 0 Å². The number of aliphatic imine (C=N–C) groups is 1. The summed E-state index contributed by atoms with van der Waals surface area (Å²) < 4.78 is 64.6. The Morgan fingerprint density at radius 1 is 0.765 bits per heavy atom. The van der Waals surface area contributed by atoms with Crippen molar-refractivity contribution >= 4 is 6.21 Å². The minimum atomic E-state index is -2.17. The first-order valence-corrected chi connectivity index (χ1v) is 4.72. The van der Waals surface area contributed by atoms with Crippen LogP contribution in [0.1, 0.15) is 26.3 Å². The van der Waals surface area contributed by atoms with Gasteiger partial charge in [0, 0.05) is 6.21 Å². The molecular weight excluding hydrogens is 241 g/mol. The third-order valence-corrected chi connectivity index (χ3v) is 1.82. The van der Waals surface area contributed by atoms with Crippen LogP contribution in [0.25, 0.3) is 0 Å². The standard InChI is InChI=1S/C11H10F5N/c1-11(2,3)17-4-5-6(12)8(14)10(16)9(15)7(5)13/h4H,1-3H3/b17-4+. The van der Waals surface area contributed by atoms with Crippen molar-refractivity contribution in [1.29, 1.82) is 0 Å². The molecular formula is C11H10F5N. The first kappa shape index (κ1) is 13.6. The van der Waals surface area contributed by atoms with Crippen LogP contribution in [0, 0.1) is 29.1 Å². The van der Waals surface area contributed by atoms with E-state index in [9.17, 15) is 22.0 Å². The summed E-state index contributed by atoms with van der Waals surface area (Å²) in [6.07, 6.45) is 0.649. The highest BCUT2D eigenvalue weighted by Crippen LogP contribution is 2.22. The highest BCUT2D eigenvalue weighted by atomic mass is 19.2. The maximum Gasteiger partial charge on any atom is 0.200 e. The van der Waals surface area contributed by atoms with Gasteiger partial charge in [0.25, 0.3) is 0 Å². The Hall–Kier alpha value is -1.46. The number of benzene rings is 1. The van der Waals surface area contributed by atoms with Crippen molar-refractivity contribution in [2.24, 2.45) is 4.99 Å². The Morgan fingerprint density at radius 2 is 1.12 bits per heavy atom. The van der Waals surface area contributed by atoms with E-state index in [1.165, 1.54) is 0 Å². The number of rotatable bonds is 1. The Kier molecular flexibility index (Phi) is 3.54. The fraction of sp³-hybridized carbons (Fsp3) is 0.364. The predicted molar refractivity (Wildman–Crippen MR) is 53.6 cm³/mol. The third kappa shape index (κ3) is 2.81. The Morgan fingerprint density at radius 3 is 1.47 bits per heavy atom. The van der Waals surface area contributed by atoms with Gasteiger partial charge in [-0.05, 0) is 20.8 Å². The van der Waals surface area contributed by atoms with Crippen LogP contribution in [0.4, 0.5) is 22.0 Å². The summed E-state index contributed by atoms with van der Waals surface area (Å²) in [7, 11) is 0. The van der Waals surface area contributed by atoms with Crippen LogP contribution >= 0.6 is 0 Å². The summed E-state index contributed by atoms with van der Waals surface area (Å²) in [6, 6.07) is 0. The van der Waals surface area contributed by atoms with Gasteiger partial charge in [0.05, 0.1) is 11.1 Å². The van der Waals surface area contributed by atoms with Gasteiger partial charge in [-0.15, -0.1) is 0 Å². The van der Waals surface area contributed by atoms with Crippen LogP contribution in [0.3, 0.4) is 0 Å². The van der Waals surface area contributed by atoms with Gasteiger partial charge in [0.1, 0.15) is 0 Å². The quantitative estimate of drug-likeness (QED) is 0.313. The van der Waals surface area contributed by atoms with Crippen LogP contribution < -0.4 is 0 Å². The minimum absolute atomic E-state index is 0.649. The van der Waals surface area contributed by atoms with E-state index in [2.05, 4.69) is 4.99 Å². The Labute approximate surface area is 95.0 Å². The number of halogens is 5. The highest BCUT2D eigenvalue weighted by molar-refractivity contribution is 5.80. The molecule has 0 aliphatic heterocycles. The lowest BCUT2D eigenvalue weighted by atomic mass is 10.1. The topological polar surface area (TPSA) is 12.4 Å². The molecule has 17 heavy (non-hydrogen) atoms. The van der Waals surface area contributed by atoms with E-state index in [1.807, 2.05) is 0 Å². The number of hydrogen-bond acceptors (Lipinski definition) is 1. The predicted octanol–water partition coefficient (Wildman–Crippen LogP) is 3.60. The third-order valence-electron chi connectivity index (χ3n) is 1.82. The zero-order chi connectivity index (χ0) is 13.4. The smallest absolute Gasteiger partial charge is 0.200 e. The first-order valence-electron chi connectivity index (χ1n) is 4.72. The van der Waals surface area contributed by atoms with Crippen molar-refractivity contribution in [3.8, 4) is 0 Å². The van der Waals surface area contributed by atoms with Crippen LogP contribution in [0.15, 0.2) is 4.99 Å². The zero-order valence-corrected chi connectivity index (χ0v) is 9.41. The maximum absolute atomic E-state index is 13.2. The van der Waals surface area contributed by atoms with Crippen molar-refractivity contribution in [1.82, 2.24) is 0 Å². The summed E-state index contributed by atoms with van der Waals surface area (Å²) >= 11 is 0. The van der Waals surface area contributed by atoms with Gasteiger partial charge in [0.2, 0.25) is 5.82 Å². The molecule has 0 bridgehead atoms. The first-order chi connectivity index (χ1) is 7.65. The van der Waals surface area contributed by atoms with Gasteiger partial charge in [-0.25, -0.2) is 22.0 Å². The van der Waals surface area contributed by atoms with Crippen molar-refractivity contribution in [2.75, 3.05) is 0 Å². The Bertz CT molecular complexity index is 445. The summed E-state index contributed by atoms with van der Waals surface area (Å²) in [5, 5.41) is 0. The van der Waals surface area contributed by atoms with Crippen molar-refractivity contribution in [2.45, 2.75) is 26.3 Å². The van der Waals surface area contributed by atoms with E-state index in [-0.39, 0.29) is 0 Å². The lowest BCUT2D eigenvalue weighted by Gasteiger charge is -2.11. The SMILES string of the molecule is CC(C)(C)/N=C/c1c(F)c(F)c(F)c(F)c1F. The molecule has 0 unspecified atom stereocenters. The van der Waals surface area contributed by atoms with Crippen LogP contribution in [0.5, 0.6) is 0 Å². The van der Waals surface area contributed by atoms with E-state index in [1.54, 1.807) is 20.8 Å². The molecule has 1 aromatic rings. The molecule has 0 aliphatic rings. The summed E-state index contributed by atoms with van der Waals surface area (Å²) in [5.41, 5.74) is -1.71. The normalized spacial score (nSPS) is 12.5. The van der Waals surface area contributed by atoms with Crippen molar-refractivity contribution < 1.29 is 22.0 Å². The number of nitrogens with zero attached hydrogens (tertiary/aromatic N) is 1. The highest BCUT2D eigenvalue weighted by Gasteiger charge is 2.24. The molecule has 0 aromatic heterocycles. The van der Waals surface area contributed by atoms with Gasteiger partial charge >= 0.3 is 0 Å². The Balaban J connectivity index is 3.40. The van der Waals surface area contributed by atoms with E-state index in [0.717, 1.165) is 0 Å². The lowest BCUT2D eigenvalue weighted by molar-refractivity contribution is 0.377. The fourth-order valence-electron chi connectivity index (χ4n) is 0.993. The van der Waals surface area contributed by atoms with E-state index in [0.29, 0.717) is 6.21 Å². The van der Waals surface area contributed by atoms with Crippen molar-refractivity contribution in [3.05, 3.63) is 34.6 Å². The molecule has 0 aliphatic carbocycles. The zero-order valence-electron chi connectivity index (χ0n) is 9.41. The van der Waals surface area contributed by atoms with Gasteiger partial charge < -0.3 is 0 Å². The lowest BCUT2D eigenvalue weighted by Crippen LogP contribution is -2.12.